The van der Waals surface area contributed by atoms with Gasteiger partial charge in [0.15, 0.2) is 0 Å². The first-order chi connectivity index (χ1) is 9.74. The van der Waals surface area contributed by atoms with Gasteiger partial charge in [0.2, 0.25) is 5.91 Å². The molecule has 3 nitrogen and oxygen atoms in total. The molecule has 0 atom stereocenters. The number of benzene rings is 2. The predicted octanol–water partition coefficient (Wildman–Crippen LogP) is 2.60. The molecule has 0 bridgehead atoms. The molecule has 2 N–H and O–H groups in total. The van der Waals surface area contributed by atoms with Crippen LogP contribution in [-0.4, -0.2) is 19.0 Å². The summed E-state index contributed by atoms with van der Waals surface area (Å²) in [6, 6.07) is 15.9. The first-order valence-corrected chi connectivity index (χ1v) is 6.54. The van der Waals surface area contributed by atoms with Gasteiger partial charge in [-0.05, 0) is 36.2 Å². The highest BCUT2D eigenvalue weighted by Crippen LogP contribution is 2.04. The molecule has 0 heterocycles. The summed E-state index contributed by atoms with van der Waals surface area (Å²) in [6.07, 6.45) is 0.692. The van der Waals surface area contributed by atoms with Gasteiger partial charge in [-0.15, -0.1) is 0 Å². The van der Waals surface area contributed by atoms with E-state index in [0.717, 1.165) is 11.3 Å². The summed E-state index contributed by atoms with van der Waals surface area (Å²) in [5, 5.41) is 5.86. The fraction of sp³-hybridized carbons (Fsp3) is 0.188. The summed E-state index contributed by atoms with van der Waals surface area (Å²) >= 11 is 0. The Kier molecular flexibility index (Phi) is 5.12. The molecular formula is C16H17FN2O. The maximum atomic E-state index is 12.7. The molecule has 0 aromatic heterocycles. The van der Waals surface area contributed by atoms with Crippen LogP contribution < -0.4 is 10.6 Å². The Bertz CT molecular complexity index is 540. The van der Waals surface area contributed by atoms with Crippen molar-refractivity contribution in [2.45, 2.75) is 6.42 Å². The summed E-state index contributed by atoms with van der Waals surface area (Å²) < 4.78 is 12.7. The molecule has 0 aliphatic rings. The summed E-state index contributed by atoms with van der Waals surface area (Å²) in [5.41, 5.74) is 1.92. The third-order valence-corrected chi connectivity index (χ3v) is 2.88. The van der Waals surface area contributed by atoms with Gasteiger partial charge in [-0.3, -0.25) is 4.79 Å². The Morgan fingerprint density at radius 1 is 1.00 bits per heavy atom. The quantitative estimate of drug-likeness (QED) is 0.848. The average molecular weight is 272 g/mol. The molecular weight excluding hydrogens is 255 g/mol. The Labute approximate surface area is 117 Å². The summed E-state index contributed by atoms with van der Waals surface area (Å²) in [5.74, 6) is -0.305. The van der Waals surface area contributed by atoms with Crippen molar-refractivity contribution in [2.24, 2.45) is 0 Å². The number of para-hydroxylation sites is 1. The SMILES string of the molecule is O=C(CNc1ccccc1)NCCc1ccc(F)cc1. The van der Waals surface area contributed by atoms with Gasteiger partial charge in [0.05, 0.1) is 6.54 Å². The van der Waals surface area contributed by atoms with Gasteiger partial charge < -0.3 is 10.6 Å². The zero-order valence-corrected chi connectivity index (χ0v) is 11.1. The van der Waals surface area contributed by atoms with Gasteiger partial charge in [0, 0.05) is 12.2 Å². The Balaban J connectivity index is 1.66. The predicted molar refractivity (Wildman–Crippen MR) is 78.0 cm³/mol. The van der Waals surface area contributed by atoms with Crippen LogP contribution in [0.2, 0.25) is 0 Å². The molecule has 2 aromatic carbocycles. The van der Waals surface area contributed by atoms with Crippen molar-refractivity contribution in [3.05, 3.63) is 66.0 Å². The Hall–Kier alpha value is -2.36. The molecule has 4 heteroatoms. The van der Waals surface area contributed by atoms with Gasteiger partial charge in [0.1, 0.15) is 5.82 Å². The highest BCUT2D eigenvalue weighted by Gasteiger charge is 2.00. The number of halogens is 1. The Morgan fingerprint density at radius 3 is 2.40 bits per heavy atom. The molecule has 0 spiro atoms. The van der Waals surface area contributed by atoms with E-state index >= 15 is 0 Å². The fourth-order valence-corrected chi connectivity index (χ4v) is 1.80. The molecule has 0 radical (unpaired) electrons. The summed E-state index contributed by atoms with van der Waals surface area (Å²) in [7, 11) is 0. The minimum Gasteiger partial charge on any atom is -0.376 e. The largest absolute Gasteiger partial charge is 0.376 e. The third kappa shape index (κ3) is 4.72. The maximum absolute atomic E-state index is 12.7. The van der Waals surface area contributed by atoms with Crippen molar-refractivity contribution >= 4 is 11.6 Å². The molecule has 0 saturated carbocycles. The van der Waals surface area contributed by atoms with Crippen LogP contribution in [0.3, 0.4) is 0 Å². The van der Waals surface area contributed by atoms with E-state index in [1.165, 1.54) is 12.1 Å². The van der Waals surface area contributed by atoms with Gasteiger partial charge in [-0.2, -0.15) is 0 Å². The van der Waals surface area contributed by atoms with E-state index < -0.39 is 0 Å². The number of nitrogens with one attached hydrogen (secondary N) is 2. The van der Waals surface area contributed by atoms with Crippen LogP contribution in [0.15, 0.2) is 54.6 Å². The van der Waals surface area contributed by atoms with Crippen LogP contribution in [0.5, 0.6) is 0 Å². The number of carbonyl (C=O) groups excluding carboxylic acids is 1. The normalized spacial score (nSPS) is 10.1. The van der Waals surface area contributed by atoms with Crippen LogP contribution in [0, 0.1) is 5.82 Å². The monoisotopic (exact) mass is 272 g/mol. The van der Waals surface area contributed by atoms with E-state index in [4.69, 9.17) is 0 Å². The first kappa shape index (κ1) is 14.1. The van der Waals surface area contributed by atoms with Gasteiger partial charge in [0.25, 0.3) is 0 Å². The molecule has 2 rings (SSSR count). The number of amides is 1. The van der Waals surface area contributed by atoms with Crippen LogP contribution in [0.25, 0.3) is 0 Å². The van der Waals surface area contributed by atoms with Gasteiger partial charge in [-0.25, -0.2) is 4.39 Å². The van der Waals surface area contributed by atoms with Gasteiger partial charge >= 0.3 is 0 Å². The number of carbonyl (C=O) groups is 1. The lowest BCUT2D eigenvalue weighted by molar-refractivity contribution is -0.119. The van der Waals surface area contributed by atoms with Crippen molar-refractivity contribution in [3.8, 4) is 0 Å². The standard InChI is InChI=1S/C16H17FN2O/c17-14-8-6-13(7-9-14)10-11-18-16(20)12-19-15-4-2-1-3-5-15/h1-9,19H,10-12H2,(H,18,20). The van der Waals surface area contributed by atoms with Crippen molar-refractivity contribution in [2.75, 3.05) is 18.4 Å². The molecule has 20 heavy (non-hydrogen) atoms. The molecule has 1 amide bonds. The third-order valence-electron chi connectivity index (χ3n) is 2.88. The topological polar surface area (TPSA) is 41.1 Å². The second-order valence-electron chi connectivity index (χ2n) is 4.45. The fourth-order valence-electron chi connectivity index (χ4n) is 1.80. The number of anilines is 1. The number of rotatable bonds is 6. The van der Waals surface area contributed by atoms with Crippen molar-refractivity contribution in [1.29, 1.82) is 0 Å². The second kappa shape index (κ2) is 7.28. The van der Waals surface area contributed by atoms with Crippen molar-refractivity contribution < 1.29 is 9.18 Å². The molecule has 0 unspecified atom stereocenters. The van der Waals surface area contributed by atoms with E-state index in [1.807, 2.05) is 30.3 Å². The van der Waals surface area contributed by atoms with Gasteiger partial charge in [-0.1, -0.05) is 30.3 Å². The van der Waals surface area contributed by atoms with E-state index in [-0.39, 0.29) is 18.3 Å². The molecule has 0 aliphatic heterocycles. The maximum Gasteiger partial charge on any atom is 0.239 e. The molecule has 0 fully saturated rings. The van der Waals surface area contributed by atoms with Crippen LogP contribution in [-0.2, 0) is 11.2 Å². The lowest BCUT2D eigenvalue weighted by atomic mass is 10.1. The number of hydrogen-bond donors (Lipinski definition) is 2. The molecule has 2 aromatic rings. The molecule has 104 valence electrons. The van der Waals surface area contributed by atoms with Crippen LogP contribution >= 0.6 is 0 Å². The zero-order valence-electron chi connectivity index (χ0n) is 11.1. The summed E-state index contributed by atoms with van der Waals surface area (Å²) in [6.45, 7) is 0.786. The lowest BCUT2D eigenvalue weighted by Gasteiger charge is -2.07. The zero-order chi connectivity index (χ0) is 14.2. The minimum absolute atomic E-state index is 0.0593. The highest BCUT2D eigenvalue weighted by molar-refractivity contribution is 5.80. The van der Waals surface area contributed by atoms with E-state index in [0.29, 0.717) is 13.0 Å². The van der Waals surface area contributed by atoms with E-state index in [9.17, 15) is 9.18 Å². The minimum atomic E-state index is -0.246. The lowest BCUT2D eigenvalue weighted by Crippen LogP contribution is -2.31. The van der Waals surface area contributed by atoms with Crippen LogP contribution in [0.1, 0.15) is 5.56 Å². The average Bonchev–Trinajstić information content (AvgIpc) is 2.48. The smallest absolute Gasteiger partial charge is 0.239 e. The van der Waals surface area contributed by atoms with E-state index in [2.05, 4.69) is 10.6 Å². The number of hydrogen-bond acceptors (Lipinski definition) is 2. The van der Waals surface area contributed by atoms with Crippen molar-refractivity contribution in [3.63, 3.8) is 0 Å². The Morgan fingerprint density at radius 2 is 1.70 bits per heavy atom. The second-order valence-corrected chi connectivity index (χ2v) is 4.45. The first-order valence-electron chi connectivity index (χ1n) is 6.54. The highest BCUT2D eigenvalue weighted by atomic mass is 19.1. The van der Waals surface area contributed by atoms with E-state index in [1.54, 1.807) is 12.1 Å². The van der Waals surface area contributed by atoms with Crippen molar-refractivity contribution in [1.82, 2.24) is 5.32 Å². The van der Waals surface area contributed by atoms with Crippen LogP contribution in [0.4, 0.5) is 10.1 Å². The molecule has 0 saturated heterocycles. The summed E-state index contributed by atoms with van der Waals surface area (Å²) in [4.78, 5) is 11.6. The molecule has 0 aliphatic carbocycles.